The maximum absolute atomic E-state index is 7.21. The summed E-state index contributed by atoms with van der Waals surface area (Å²) in [5, 5.41) is 5.28. The lowest BCUT2D eigenvalue weighted by Gasteiger charge is -2.44. The van der Waals surface area contributed by atoms with Crippen molar-refractivity contribution in [2.45, 2.75) is 74.7 Å². The van der Waals surface area contributed by atoms with Crippen LogP contribution in [0.4, 0.5) is 0 Å². The van der Waals surface area contributed by atoms with Crippen molar-refractivity contribution < 1.29 is 4.74 Å². The van der Waals surface area contributed by atoms with E-state index in [1.165, 1.54) is 99.4 Å². The first-order valence-electron chi connectivity index (χ1n) is 16.1. The summed E-state index contributed by atoms with van der Waals surface area (Å²) in [7, 11) is 0. The third-order valence-corrected chi connectivity index (χ3v) is 12.4. The highest BCUT2D eigenvalue weighted by molar-refractivity contribution is 9.10. The summed E-state index contributed by atoms with van der Waals surface area (Å²) in [6.07, 6.45) is 0. The zero-order valence-corrected chi connectivity index (χ0v) is 31.6. The van der Waals surface area contributed by atoms with Crippen LogP contribution in [0.25, 0.3) is 21.5 Å². The number of hydrogen-bond donors (Lipinski definition) is 0. The van der Waals surface area contributed by atoms with E-state index in [-0.39, 0.29) is 0 Å². The van der Waals surface area contributed by atoms with Crippen LogP contribution in [0.15, 0.2) is 69.6 Å². The van der Waals surface area contributed by atoms with Gasteiger partial charge in [0.2, 0.25) is 0 Å². The molecule has 232 valence electrons. The molecule has 0 fully saturated rings. The lowest BCUT2D eigenvalue weighted by molar-refractivity contribution is 0.438. The normalized spacial score (nSPS) is 13.6. The van der Waals surface area contributed by atoms with Gasteiger partial charge in [0.25, 0.3) is 0 Å². The van der Waals surface area contributed by atoms with Crippen LogP contribution in [0.3, 0.4) is 0 Å². The molecule has 0 unspecified atom stereocenters. The Labute approximate surface area is 290 Å². The van der Waals surface area contributed by atoms with E-state index in [0.29, 0.717) is 0 Å². The lowest BCUT2D eigenvalue weighted by Crippen LogP contribution is -2.35. The van der Waals surface area contributed by atoms with Gasteiger partial charge in [-0.1, -0.05) is 56.1 Å². The molecular formula is C43H40Br2O. The summed E-state index contributed by atoms with van der Waals surface area (Å²) < 4.78 is 9.34. The smallest absolute Gasteiger partial charge is 0.133 e. The van der Waals surface area contributed by atoms with Crippen molar-refractivity contribution in [3.8, 4) is 11.5 Å². The van der Waals surface area contributed by atoms with Gasteiger partial charge in [-0.3, -0.25) is 0 Å². The van der Waals surface area contributed by atoms with Crippen molar-refractivity contribution in [2.75, 3.05) is 0 Å². The Kier molecular flexibility index (Phi) is 7.34. The van der Waals surface area contributed by atoms with Gasteiger partial charge in [-0.05, 0) is 194 Å². The minimum atomic E-state index is -0.667. The number of ether oxygens (including phenoxy) is 1. The molecule has 3 heteroatoms. The molecule has 6 aromatic rings. The molecule has 46 heavy (non-hydrogen) atoms. The van der Waals surface area contributed by atoms with Crippen molar-refractivity contribution in [3.05, 3.63) is 147 Å². The van der Waals surface area contributed by atoms with E-state index < -0.39 is 5.41 Å². The second kappa shape index (κ2) is 10.8. The summed E-state index contributed by atoms with van der Waals surface area (Å²) in [5.74, 6) is 1.87. The number of hydrogen-bond acceptors (Lipinski definition) is 1. The Morgan fingerprint density at radius 1 is 0.413 bits per heavy atom. The Morgan fingerprint density at radius 2 is 0.717 bits per heavy atom. The van der Waals surface area contributed by atoms with Crippen molar-refractivity contribution >= 4 is 53.4 Å². The number of halogens is 2. The minimum Gasteiger partial charge on any atom is -0.457 e. The molecule has 0 radical (unpaired) electrons. The van der Waals surface area contributed by atoms with Gasteiger partial charge in [-0.25, -0.2) is 0 Å². The van der Waals surface area contributed by atoms with Gasteiger partial charge >= 0.3 is 0 Å². The predicted octanol–water partition coefficient (Wildman–Crippen LogP) is 13.1. The van der Waals surface area contributed by atoms with Crippen molar-refractivity contribution in [2.24, 2.45) is 0 Å². The van der Waals surface area contributed by atoms with E-state index in [4.69, 9.17) is 4.74 Å². The van der Waals surface area contributed by atoms with Crippen LogP contribution in [0.2, 0.25) is 0 Å². The molecule has 1 aliphatic rings. The second-order valence-electron chi connectivity index (χ2n) is 13.5. The Hall–Kier alpha value is -3.40. The highest BCUT2D eigenvalue weighted by Crippen LogP contribution is 2.61. The van der Waals surface area contributed by atoms with E-state index in [1.807, 2.05) is 0 Å². The predicted molar refractivity (Wildman–Crippen MR) is 203 cm³/mol. The number of aryl methyl sites for hydroxylation is 6. The van der Waals surface area contributed by atoms with Gasteiger partial charge < -0.3 is 4.74 Å². The first kappa shape index (κ1) is 31.2. The zero-order chi connectivity index (χ0) is 33.0. The molecule has 0 aliphatic carbocycles. The van der Waals surface area contributed by atoms with Crippen molar-refractivity contribution in [3.63, 3.8) is 0 Å². The fourth-order valence-electron chi connectivity index (χ4n) is 8.46. The van der Waals surface area contributed by atoms with Crippen LogP contribution in [0.1, 0.15) is 77.9 Å². The highest BCUT2D eigenvalue weighted by atomic mass is 79.9. The molecule has 0 aromatic heterocycles. The lowest BCUT2D eigenvalue weighted by atomic mass is 9.60. The Balaban J connectivity index is 1.87. The molecule has 1 nitrogen and oxygen atoms in total. The summed E-state index contributed by atoms with van der Waals surface area (Å²) in [6.45, 7) is 22.8. The van der Waals surface area contributed by atoms with Crippen molar-refractivity contribution in [1.29, 1.82) is 0 Å². The van der Waals surface area contributed by atoms with Gasteiger partial charge in [0.1, 0.15) is 11.5 Å². The van der Waals surface area contributed by atoms with E-state index >= 15 is 0 Å². The molecule has 0 amide bonds. The molecule has 6 aromatic carbocycles. The number of benzene rings is 6. The fourth-order valence-corrected chi connectivity index (χ4v) is 8.99. The van der Waals surface area contributed by atoms with Gasteiger partial charge in [0.05, 0.1) is 5.41 Å². The standard InChI is InChI=1S/C43H40Br2O/c1-21-19-35-41(39-29(9)25(5)23(3)27(7)37(21)39)43(31-11-15-33(44)16-12-31,32-13-17-34(45)18-14-32)42-36(46-35)20-22(2)38-28(8)24(4)26(6)30(10)40(38)42/h11-20H,1-10H3. The molecule has 0 saturated carbocycles. The molecule has 1 aliphatic heterocycles. The first-order valence-corrected chi connectivity index (χ1v) is 17.7. The molecule has 0 bridgehead atoms. The average molecular weight is 733 g/mol. The summed E-state index contributed by atoms with van der Waals surface area (Å²) >= 11 is 7.52. The van der Waals surface area contributed by atoms with Crippen LogP contribution in [-0.4, -0.2) is 0 Å². The maximum Gasteiger partial charge on any atom is 0.133 e. The second-order valence-corrected chi connectivity index (χ2v) is 15.3. The van der Waals surface area contributed by atoms with Gasteiger partial charge in [-0.15, -0.1) is 0 Å². The van der Waals surface area contributed by atoms with Crippen LogP contribution < -0.4 is 4.74 Å². The van der Waals surface area contributed by atoms with Crippen LogP contribution in [-0.2, 0) is 5.41 Å². The topological polar surface area (TPSA) is 9.23 Å². The molecular weight excluding hydrogens is 692 g/mol. The van der Waals surface area contributed by atoms with Crippen LogP contribution >= 0.6 is 31.9 Å². The number of fused-ring (bicyclic) bond motifs is 6. The monoisotopic (exact) mass is 730 g/mol. The van der Waals surface area contributed by atoms with E-state index in [0.717, 1.165) is 20.4 Å². The summed E-state index contributed by atoms with van der Waals surface area (Å²) in [4.78, 5) is 0. The quantitative estimate of drug-likeness (QED) is 0.172. The fraction of sp³-hybridized carbons (Fsp3) is 0.256. The third kappa shape index (κ3) is 4.10. The van der Waals surface area contributed by atoms with Crippen molar-refractivity contribution in [1.82, 2.24) is 0 Å². The maximum atomic E-state index is 7.21. The summed E-state index contributed by atoms with van der Waals surface area (Å²) in [5.41, 5.74) is 17.5. The SMILES string of the molecule is Cc1c(C)c(C)c2c3c(cc(C)c2c1C)Oc1cc(C)c2c(C)c(C)c(C)c(C)c2c1C3(c1ccc(Br)cc1)c1ccc(Br)cc1. The third-order valence-electron chi connectivity index (χ3n) is 11.4. The van der Waals surface area contributed by atoms with E-state index in [1.54, 1.807) is 0 Å². The summed E-state index contributed by atoms with van der Waals surface area (Å²) in [6, 6.07) is 22.6. The van der Waals surface area contributed by atoms with Crippen LogP contribution in [0, 0.1) is 69.2 Å². The molecule has 0 spiro atoms. The molecule has 1 heterocycles. The average Bonchev–Trinajstić information content (AvgIpc) is 3.03. The minimum absolute atomic E-state index is 0.667. The first-order chi connectivity index (χ1) is 21.8. The Morgan fingerprint density at radius 3 is 1.04 bits per heavy atom. The molecule has 7 rings (SSSR count). The van der Waals surface area contributed by atoms with Gasteiger partial charge in [0.15, 0.2) is 0 Å². The van der Waals surface area contributed by atoms with Gasteiger partial charge in [0, 0.05) is 20.1 Å². The molecule has 0 saturated heterocycles. The number of rotatable bonds is 2. The van der Waals surface area contributed by atoms with E-state index in [2.05, 4.69) is 162 Å². The Bertz CT molecular complexity index is 2110. The zero-order valence-electron chi connectivity index (χ0n) is 28.4. The molecule has 0 N–H and O–H groups in total. The highest BCUT2D eigenvalue weighted by Gasteiger charge is 2.49. The molecule has 0 atom stereocenters. The largest absolute Gasteiger partial charge is 0.457 e. The van der Waals surface area contributed by atoms with E-state index in [9.17, 15) is 0 Å². The van der Waals surface area contributed by atoms with Gasteiger partial charge in [-0.2, -0.15) is 0 Å². The van der Waals surface area contributed by atoms with Crippen LogP contribution in [0.5, 0.6) is 11.5 Å².